The van der Waals surface area contributed by atoms with Crippen LogP contribution in [0.25, 0.3) is 6.08 Å². The van der Waals surface area contributed by atoms with Gasteiger partial charge in [-0.2, -0.15) is 0 Å². The Kier molecular flexibility index (Phi) is 7.33. The molecule has 220 valence electrons. The van der Waals surface area contributed by atoms with E-state index in [9.17, 15) is 9.59 Å². The fourth-order valence-electron chi connectivity index (χ4n) is 7.50. The number of para-hydroxylation sites is 2. The Morgan fingerprint density at radius 1 is 0.841 bits per heavy atom. The van der Waals surface area contributed by atoms with Gasteiger partial charge in [-0.25, -0.2) is 0 Å². The van der Waals surface area contributed by atoms with E-state index in [1.165, 1.54) is 5.56 Å². The maximum atomic E-state index is 15.0. The summed E-state index contributed by atoms with van der Waals surface area (Å²) in [6, 6.07) is 29.1. The molecule has 0 radical (unpaired) electrons. The highest BCUT2D eigenvalue weighted by atomic mass is 79.9. The first-order chi connectivity index (χ1) is 21.4. The van der Waals surface area contributed by atoms with Crippen molar-refractivity contribution in [2.75, 3.05) is 10.2 Å². The van der Waals surface area contributed by atoms with Crippen LogP contribution in [0.3, 0.4) is 0 Å². The molecule has 4 aromatic rings. The molecule has 44 heavy (non-hydrogen) atoms. The first-order valence-corrected chi connectivity index (χ1v) is 16.1. The second kappa shape index (κ2) is 11.3. The number of anilines is 2. The minimum Gasteiger partial charge on any atom is -0.352 e. The molecule has 0 aromatic heterocycles. The molecule has 6 heteroatoms. The minimum absolute atomic E-state index is 0.184. The van der Waals surface area contributed by atoms with Gasteiger partial charge in [-0.15, -0.1) is 0 Å². The van der Waals surface area contributed by atoms with Crippen molar-refractivity contribution in [3.63, 3.8) is 0 Å². The minimum atomic E-state index is -1.31. The van der Waals surface area contributed by atoms with Crippen molar-refractivity contribution < 1.29 is 14.4 Å². The summed E-state index contributed by atoms with van der Waals surface area (Å²) in [5, 5.41) is 3.10. The van der Waals surface area contributed by atoms with Crippen LogP contribution in [0.15, 0.2) is 108 Å². The predicted molar refractivity (Wildman–Crippen MR) is 178 cm³/mol. The molecule has 3 aliphatic rings. The summed E-state index contributed by atoms with van der Waals surface area (Å²) in [6.07, 6.45) is 8.38. The van der Waals surface area contributed by atoms with Crippen molar-refractivity contribution in [2.24, 2.45) is 5.92 Å². The maximum absolute atomic E-state index is 15.0. The Morgan fingerprint density at radius 2 is 1.52 bits per heavy atom. The lowest BCUT2D eigenvalue weighted by Crippen LogP contribution is -2.51. The molecule has 0 unspecified atom stereocenters. The lowest BCUT2D eigenvalue weighted by molar-refractivity contribution is -0.121. The number of aryl methyl sites for hydroxylation is 1. The smallest absolute Gasteiger partial charge is 0.238 e. The summed E-state index contributed by atoms with van der Waals surface area (Å²) in [7, 11) is 0. The van der Waals surface area contributed by atoms with Gasteiger partial charge in [-0.1, -0.05) is 121 Å². The molecule has 3 aliphatic heterocycles. The Balaban J connectivity index is 1.44. The maximum Gasteiger partial charge on any atom is 0.238 e. The summed E-state index contributed by atoms with van der Waals surface area (Å²) in [5.41, 5.74) is 4.10. The third-order valence-corrected chi connectivity index (χ3v) is 10.1. The van der Waals surface area contributed by atoms with Gasteiger partial charge < -0.3 is 10.2 Å². The topological polar surface area (TPSA) is 66.5 Å². The molecule has 3 heterocycles. The Bertz CT molecular complexity index is 1800. The Labute approximate surface area is 266 Å². The van der Waals surface area contributed by atoms with Gasteiger partial charge in [0.2, 0.25) is 5.91 Å². The summed E-state index contributed by atoms with van der Waals surface area (Å²) >= 11 is 3.48. The van der Waals surface area contributed by atoms with Crippen LogP contribution in [0.2, 0.25) is 0 Å². The van der Waals surface area contributed by atoms with Gasteiger partial charge in [0.05, 0.1) is 12.0 Å². The predicted octanol–water partition coefficient (Wildman–Crippen LogP) is 8.04. The van der Waals surface area contributed by atoms with E-state index in [4.69, 9.17) is 0 Å². The summed E-state index contributed by atoms with van der Waals surface area (Å²) in [5.74, 6) is -1.61. The molecule has 1 amide bonds. The van der Waals surface area contributed by atoms with Crippen molar-refractivity contribution in [1.29, 1.82) is 0 Å². The van der Waals surface area contributed by atoms with Crippen molar-refractivity contribution in [2.45, 2.75) is 50.1 Å². The molecular weight excluding hydrogens is 612 g/mol. The number of halogens is 1. The molecule has 0 aliphatic carbocycles. The first kappa shape index (κ1) is 28.5. The second-order valence-corrected chi connectivity index (χ2v) is 12.9. The van der Waals surface area contributed by atoms with Crippen molar-refractivity contribution >= 4 is 50.9 Å². The van der Waals surface area contributed by atoms with Crippen LogP contribution in [0, 0.1) is 5.92 Å². The average Bonchev–Trinajstić information content (AvgIpc) is 3.53. The van der Waals surface area contributed by atoms with Gasteiger partial charge in [-0.05, 0) is 53.8 Å². The highest BCUT2D eigenvalue weighted by molar-refractivity contribution is 9.10. The van der Waals surface area contributed by atoms with Crippen LogP contribution in [0.4, 0.5) is 11.4 Å². The molecule has 4 atom stereocenters. The molecule has 4 aromatic carbocycles. The molecule has 7 rings (SSSR count). The number of unbranched alkanes of at least 4 members (excludes halogenated alkanes) is 2. The van der Waals surface area contributed by atoms with Crippen molar-refractivity contribution in [3.05, 3.63) is 135 Å². The standard InChI is InChI=1S/C38H33BrN2O3/c1-2-3-4-9-24-14-16-26(17-15-24)35(42)33-34(36(43)27-18-21-28(39)22-19-27)41-31-13-8-5-10-25(31)20-23-32(41)38(33)29-11-6-7-12-30(29)40-37(38)44/h5-8,10-23,32-34H,2-4,9H2,1H3,(H,40,44)/t32-,33-,34+,38-/m0/s1. The number of rotatable bonds is 8. The number of amides is 1. The molecule has 5 nitrogen and oxygen atoms in total. The van der Waals surface area contributed by atoms with E-state index in [-0.39, 0.29) is 17.5 Å². The van der Waals surface area contributed by atoms with E-state index in [1.807, 2.05) is 102 Å². The number of nitrogens with zero attached hydrogens (tertiary/aromatic N) is 1. The number of ketones is 2. The zero-order valence-electron chi connectivity index (χ0n) is 24.5. The SMILES string of the molecule is CCCCCc1ccc(C(=O)[C@@H]2[C@H](C(=O)c3ccc(Br)cc3)N3c4ccccc4C=C[C@H]3[C@]23C(=O)Nc2ccccc23)cc1. The number of fused-ring (bicyclic) bond motifs is 6. The number of carbonyl (C=O) groups excluding carboxylic acids is 3. The molecule has 1 saturated heterocycles. The average molecular weight is 646 g/mol. The summed E-state index contributed by atoms with van der Waals surface area (Å²) < 4.78 is 0.858. The largest absolute Gasteiger partial charge is 0.352 e. The van der Waals surface area contributed by atoms with Gasteiger partial charge in [0.15, 0.2) is 11.6 Å². The van der Waals surface area contributed by atoms with E-state index < -0.39 is 23.4 Å². The highest BCUT2D eigenvalue weighted by Crippen LogP contribution is 2.58. The molecule has 1 fully saturated rings. The van der Waals surface area contributed by atoms with Crippen LogP contribution in [0.1, 0.15) is 63.6 Å². The quantitative estimate of drug-likeness (QED) is 0.156. The summed E-state index contributed by atoms with van der Waals surface area (Å²) in [4.78, 5) is 46.3. The monoisotopic (exact) mass is 644 g/mol. The van der Waals surface area contributed by atoms with Gasteiger partial charge in [0.25, 0.3) is 0 Å². The van der Waals surface area contributed by atoms with E-state index in [0.717, 1.165) is 47.0 Å². The lowest BCUT2D eigenvalue weighted by Gasteiger charge is -2.37. The van der Waals surface area contributed by atoms with Gasteiger partial charge >= 0.3 is 0 Å². The van der Waals surface area contributed by atoms with Gasteiger partial charge in [0.1, 0.15) is 11.5 Å². The number of Topliss-reactive ketones (excluding diaryl/α,β-unsaturated/α-hetero) is 2. The third kappa shape index (κ3) is 4.38. The fourth-order valence-corrected chi connectivity index (χ4v) is 7.76. The first-order valence-electron chi connectivity index (χ1n) is 15.3. The molecular formula is C38H33BrN2O3. The molecule has 1 spiro atoms. The van der Waals surface area contributed by atoms with Crippen LogP contribution < -0.4 is 10.2 Å². The zero-order chi connectivity index (χ0) is 30.4. The lowest BCUT2D eigenvalue weighted by atomic mass is 9.64. The Morgan fingerprint density at radius 3 is 2.30 bits per heavy atom. The fraction of sp³-hybridized carbons (Fsp3) is 0.237. The van der Waals surface area contributed by atoms with E-state index in [2.05, 4.69) is 28.2 Å². The van der Waals surface area contributed by atoms with Crippen molar-refractivity contribution in [3.8, 4) is 0 Å². The van der Waals surface area contributed by atoms with Crippen molar-refractivity contribution in [1.82, 2.24) is 0 Å². The van der Waals surface area contributed by atoms with Gasteiger partial charge in [-0.3, -0.25) is 14.4 Å². The van der Waals surface area contributed by atoms with Crippen LogP contribution in [-0.4, -0.2) is 29.6 Å². The van der Waals surface area contributed by atoms with E-state index in [1.54, 1.807) is 12.1 Å². The third-order valence-electron chi connectivity index (χ3n) is 9.53. The van der Waals surface area contributed by atoms with E-state index >= 15 is 4.79 Å². The molecule has 0 bridgehead atoms. The number of benzene rings is 4. The van der Waals surface area contributed by atoms with Crippen LogP contribution in [0.5, 0.6) is 0 Å². The number of nitrogens with one attached hydrogen (secondary N) is 1. The Hall–Kier alpha value is -4.29. The second-order valence-electron chi connectivity index (χ2n) is 12.0. The van der Waals surface area contributed by atoms with Gasteiger partial charge in [0, 0.05) is 27.0 Å². The van der Waals surface area contributed by atoms with Crippen LogP contribution in [-0.2, 0) is 16.6 Å². The summed E-state index contributed by atoms with van der Waals surface area (Å²) in [6.45, 7) is 2.18. The highest BCUT2D eigenvalue weighted by Gasteiger charge is 2.70. The van der Waals surface area contributed by atoms with E-state index in [0.29, 0.717) is 16.8 Å². The molecule has 1 N–H and O–H groups in total. The number of carbonyl (C=O) groups is 3. The van der Waals surface area contributed by atoms with Crippen LogP contribution >= 0.6 is 15.9 Å². The normalized spacial score (nSPS) is 22.8. The zero-order valence-corrected chi connectivity index (χ0v) is 26.1. The number of hydrogen-bond donors (Lipinski definition) is 1. The molecule has 0 saturated carbocycles. The number of hydrogen-bond acceptors (Lipinski definition) is 4.